The lowest BCUT2D eigenvalue weighted by Crippen LogP contribution is -2.34. The van der Waals surface area contributed by atoms with E-state index in [1.165, 1.54) is 12.0 Å². The maximum atomic E-state index is 12.1. The molecule has 0 saturated carbocycles. The first-order valence-electron chi connectivity index (χ1n) is 7.62. The van der Waals surface area contributed by atoms with Crippen molar-refractivity contribution in [1.29, 1.82) is 5.41 Å². The molecule has 0 aliphatic heterocycles. The Morgan fingerprint density at radius 3 is 2.58 bits per heavy atom. The highest BCUT2D eigenvalue weighted by Gasteiger charge is 2.19. The number of nitrogens with one attached hydrogen (secondary N) is 1. The maximum Gasteiger partial charge on any atom is 0.312 e. The normalized spacial score (nSPS) is 10.2. The van der Waals surface area contributed by atoms with Crippen molar-refractivity contribution < 1.29 is 14.3 Å². The van der Waals surface area contributed by atoms with Gasteiger partial charge in [-0.3, -0.25) is 10.2 Å². The lowest BCUT2D eigenvalue weighted by atomic mass is 10.1. The summed E-state index contributed by atoms with van der Waals surface area (Å²) in [7, 11) is 2.93. The zero-order chi connectivity index (χ0) is 17.7. The smallest absolute Gasteiger partial charge is 0.312 e. The first-order valence-corrected chi connectivity index (χ1v) is 7.62. The fourth-order valence-corrected chi connectivity index (χ4v) is 2.33. The average molecular weight is 326 g/mol. The number of carbonyl (C=O) groups excluding carboxylic acids is 1. The Bertz CT molecular complexity index is 756. The van der Waals surface area contributed by atoms with Crippen molar-refractivity contribution in [1.82, 2.24) is 0 Å². The Balaban J connectivity index is 2.21. The molecule has 0 unspecified atom stereocenters. The first-order chi connectivity index (χ1) is 11.4. The molecule has 0 atom stereocenters. The number of anilines is 1. The minimum absolute atomic E-state index is 0.332. The van der Waals surface area contributed by atoms with Gasteiger partial charge < -0.3 is 14.4 Å². The maximum absolute atomic E-state index is 12.1. The van der Waals surface area contributed by atoms with Crippen molar-refractivity contribution in [3.63, 3.8) is 0 Å². The molecule has 126 valence electrons. The minimum Gasteiger partial charge on any atom is -0.489 e. The van der Waals surface area contributed by atoms with E-state index in [1.54, 1.807) is 7.05 Å². The van der Waals surface area contributed by atoms with Gasteiger partial charge in [-0.15, -0.1) is 0 Å². The van der Waals surface area contributed by atoms with Crippen molar-refractivity contribution in [2.75, 3.05) is 19.1 Å². The lowest BCUT2D eigenvalue weighted by Gasteiger charge is -2.21. The predicted octanol–water partition coefficient (Wildman–Crippen LogP) is 3.47. The van der Waals surface area contributed by atoms with E-state index in [0.29, 0.717) is 12.3 Å². The first kappa shape index (κ1) is 17.5. The molecule has 0 bridgehead atoms. The second-order valence-electron chi connectivity index (χ2n) is 5.58. The van der Waals surface area contributed by atoms with Crippen LogP contribution in [0.4, 0.5) is 5.69 Å². The Morgan fingerprint density at radius 1 is 1.17 bits per heavy atom. The molecule has 24 heavy (non-hydrogen) atoms. The van der Waals surface area contributed by atoms with Gasteiger partial charge in [-0.1, -0.05) is 30.3 Å². The largest absolute Gasteiger partial charge is 0.489 e. The van der Waals surface area contributed by atoms with Crippen LogP contribution in [0.15, 0.2) is 42.5 Å². The molecular weight excluding hydrogens is 304 g/mol. The van der Waals surface area contributed by atoms with Gasteiger partial charge in [0.15, 0.2) is 0 Å². The van der Waals surface area contributed by atoms with Crippen LogP contribution >= 0.6 is 0 Å². The number of carbonyl (C=O) groups is 1. The topological polar surface area (TPSA) is 62.6 Å². The van der Waals surface area contributed by atoms with Gasteiger partial charge in [-0.2, -0.15) is 0 Å². The number of aryl methyl sites for hydroxylation is 2. The third-order valence-corrected chi connectivity index (χ3v) is 3.78. The summed E-state index contributed by atoms with van der Waals surface area (Å²) in [6.07, 6.45) is 0. The average Bonchev–Trinajstić information content (AvgIpc) is 2.60. The second-order valence-corrected chi connectivity index (χ2v) is 5.58. The lowest BCUT2D eigenvalue weighted by molar-refractivity contribution is -0.113. The fourth-order valence-electron chi connectivity index (χ4n) is 2.33. The summed E-state index contributed by atoms with van der Waals surface area (Å²) < 4.78 is 10.7. The quantitative estimate of drug-likeness (QED) is 0.691. The second kappa shape index (κ2) is 7.64. The molecule has 0 saturated heterocycles. The van der Waals surface area contributed by atoms with Gasteiger partial charge in [-0.05, 0) is 37.1 Å². The molecule has 0 radical (unpaired) electrons. The molecule has 5 heteroatoms. The number of likely N-dealkylation sites (N-methyl/N-ethyl adjacent to an activating group) is 1. The van der Waals surface area contributed by atoms with Crippen molar-refractivity contribution in [2.24, 2.45) is 0 Å². The van der Waals surface area contributed by atoms with E-state index in [9.17, 15) is 4.79 Å². The number of nitrogens with zero attached hydrogens (tertiary/aromatic N) is 1. The molecule has 0 spiro atoms. The number of methoxy groups -OCH3 is 1. The van der Waals surface area contributed by atoms with Gasteiger partial charge in [0.1, 0.15) is 12.4 Å². The number of hydrogen-bond acceptors (Lipinski definition) is 4. The standard InChI is InChI=1S/C19H22N2O3/c1-13-9-10-14(2)17(11-13)24-12-15-7-5-6-8-16(15)21(3)19(22)18(20)23-4/h5-11,20H,12H2,1-4H3. The van der Waals surface area contributed by atoms with Gasteiger partial charge >= 0.3 is 5.91 Å². The van der Waals surface area contributed by atoms with Crippen LogP contribution in [0.5, 0.6) is 5.75 Å². The molecule has 0 aliphatic rings. The van der Waals surface area contributed by atoms with Crippen LogP contribution in [0, 0.1) is 19.3 Å². The number of para-hydroxylation sites is 1. The third-order valence-electron chi connectivity index (χ3n) is 3.78. The number of ether oxygens (including phenoxy) is 2. The van der Waals surface area contributed by atoms with Gasteiger partial charge in [-0.25, -0.2) is 0 Å². The minimum atomic E-state index is -0.503. The molecule has 1 amide bonds. The van der Waals surface area contributed by atoms with Crippen LogP contribution in [-0.4, -0.2) is 26.0 Å². The highest BCUT2D eigenvalue weighted by molar-refractivity contribution is 6.39. The zero-order valence-corrected chi connectivity index (χ0v) is 14.4. The third kappa shape index (κ3) is 3.93. The molecular formula is C19H22N2O3. The summed E-state index contributed by atoms with van der Waals surface area (Å²) in [6.45, 7) is 4.34. The van der Waals surface area contributed by atoms with Crippen molar-refractivity contribution in [3.05, 3.63) is 59.2 Å². The summed E-state index contributed by atoms with van der Waals surface area (Å²) in [5.74, 6) is -0.0807. The van der Waals surface area contributed by atoms with Gasteiger partial charge in [0.05, 0.1) is 12.8 Å². The van der Waals surface area contributed by atoms with E-state index >= 15 is 0 Å². The van der Waals surface area contributed by atoms with Gasteiger partial charge in [0.25, 0.3) is 5.90 Å². The zero-order valence-electron chi connectivity index (χ0n) is 14.4. The number of hydrogen-bond donors (Lipinski definition) is 1. The van der Waals surface area contributed by atoms with Gasteiger partial charge in [0.2, 0.25) is 0 Å². The molecule has 0 aromatic heterocycles. The molecule has 0 fully saturated rings. The SMILES string of the molecule is COC(=N)C(=O)N(C)c1ccccc1COc1cc(C)ccc1C. The van der Waals surface area contributed by atoms with E-state index in [0.717, 1.165) is 22.4 Å². The molecule has 2 aromatic rings. The summed E-state index contributed by atoms with van der Waals surface area (Å²) in [5, 5.41) is 7.54. The number of rotatable bonds is 4. The van der Waals surface area contributed by atoms with Crippen LogP contribution in [-0.2, 0) is 16.1 Å². The van der Waals surface area contributed by atoms with E-state index in [1.807, 2.05) is 56.3 Å². The van der Waals surface area contributed by atoms with Crippen LogP contribution in [0.1, 0.15) is 16.7 Å². The fraction of sp³-hybridized carbons (Fsp3) is 0.263. The summed E-state index contributed by atoms with van der Waals surface area (Å²) in [4.78, 5) is 13.5. The molecule has 2 aromatic carbocycles. The van der Waals surface area contributed by atoms with E-state index in [-0.39, 0.29) is 0 Å². The van der Waals surface area contributed by atoms with Crippen LogP contribution in [0.2, 0.25) is 0 Å². The molecule has 5 nitrogen and oxygen atoms in total. The van der Waals surface area contributed by atoms with Crippen molar-refractivity contribution in [3.8, 4) is 5.75 Å². The summed E-state index contributed by atoms with van der Waals surface area (Å²) >= 11 is 0. The van der Waals surface area contributed by atoms with Crippen molar-refractivity contribution >= 4 is 17.5 Å². The van der Waals surface area contributed by atoms with Gasteiger partial charge in [0, 0.05) is 12.6 Å². The van der Waals surface area contributed by atoms with Crippen LogP contribution < -0.4 is 9.64 Å². The van der Waals surface area contributed by atoms with E-state index < -0.39 is 11.8 Å². The Labute approximate surface area is 142 Å². The summed E-state index contributed by atoms with van der Waals surface area (Å²) in [5.41, 5.74) is 3.74. The monoisotopic (exact) mass is 326 g/mol. The Kier molecular flexibility index (Phi) is 5.58. The molecule has 0 aliphatic carbocycles. The molecule has 0 heterocycles. The van der Waals surface area contributed by atoms with Crippen LogP contribution in [0.25, 0.3) is 0 Å². The molecule has 2 rings (SSSR count). The van der Waals surface area contributed by atoms with Crippen molar-refractivity contribution in [2.45, 2.75) is 20.5 Å². The highest BCUT2D eigenvalue weighted by Crippen LogP contribution is 2.24. The Morgan fingerprint density at radius 2 is 1.88 bits per heavy atom. The molecule has 1 N–H and O–H groups in total. The Hall–Kier alpha value is -2.82. The van der Waals surface area contributed by atoms with Crippen LogP contribution in [0.3, 0.4) is 0 Å². The highest BCUT2D eigenvalue weighted by atomic mass is 16.5. The van der Waals surface area contributed by atoms with E-state index in [2.05, 4.69) is 0 Å². The summed E-state index contributed by atoms with van der Waals surface area (Å²) in [6, 6.07) is 13.5. The van der Waals surface area contributed by atoms with E-state index in [4.69, 9.17) is 14.9 Å². The number of benzene rings is 2. The number of amides is 1. The predicted molar refractivity (Wildman–Crippen MR) is 94.8 cm³/mol.